The second-order valence-electron chi connectivity index (χ2n) is 5.78. The summed E-state index contributed by atoms with van der Waals surface area (Å²) in [7, 11) is -7.67. The zero-order valence-electron chi connectivity index (χ0n) is 13.0. The van der Waals surface area contributed by atoms with Crippen molar-refractivity contribution in [2.24, 2.45) is 0 Å². The maximum Gasteiger partial charge on any atom is 0.264 e. The van der Waals surface area contributed by atoms with Crippen molar-refractivity contribution in [2.45, 2.75) is 17.0 Å². The molecule has 0 amide bonds. The average Bonchev–Trinajstić information content (AvgIpc) is 2.83. The molecule has 25 heavy (non-hydrogen) atoms. The lowest BCUT2D eigenvalue weighted by molar-refractivity contribution is 0.184. The summed E-state index contributed by atoms with van der Waals surface area (Å²) < 4.78 is 51.2. The van der Waals surface area contributed by atoms with E-state index in [1.807, 2.05) is 0 Å². The minimum absolute atomic E-state index is 0.00795. The van der Waals surface area contributed by atoms with E-state index in [-0.39, 0.29) is 15.6 Å². The Morgan fingerprint density at radius 3 is 2.16 bits per heavy atom. The number of aliphatic hydroxyl groups is 1. The first kappa shape index (κ1) is 18.2. The fourth-order valence-electron chi connectivity index (χ4n) is 2.86. The molecule has 0 bridgehead atoms. The van der Waals surface area contributed by atoms with Gasteiger partial charge in [-0.2, -0.15) is 0 Å². The maximum atomic E-state index is 13.2. The summed E-state index contributed by atoms with van der Waals surface area (Å²) in [6.45, 7) is 0. The number of nitrogens with zero attached hydrogens (tertiary/aromatic N) is 1. The summed E-state index contributed by atoms with van der Waals surface area (Å²) in [5, 5.41) is 10.4. The van der Waals surface area contributed by atoms with Crippen LogP contribution >= 0.6 is 11.6 Å². The number of anilines is 1. The molecule has 6 nitrogen and oxygen atoms in total. The van der Waals surface area contributed by atoms with Gasteiger partial charge in [0.25, 0.3) is 10.0 Å². The quantitative estimate of drug-likeness (QED) is 0.841. The first-order valence-corrected chi connectivity index (χ1v) is 11.1. The van der Waals surface area contributed by atoms with Crippen LogP contribution in [-0.4, -0.2) is 45.6 Å². The lowest BCUT2D eigenvalue weighted by atomic mass is 10.2. The molecule has 1 aliphatic heterocycles. The number of sulfone groups is 1. The molecule has 134 valence electrons. The normalized spacial score (nSPS) is 22.6. The molecule has 2 unspecified atom stereocenters. The number of hydrogen-bond donors (Lipinski definition) is 1. The molecule has 0 aromatic heterocycles. The van der Waals surface area contributed by atoms with E-state index in [1.165, 1.54) is 24.3 Å². The van der Waals surface area contributed by atoms with Crippen LogP contribution in [-0.2, 0) is 19.9 Å². The monoisotopic (exact) mass is 401 g/mol. The van der Waals surface area contributed by atoms with Gasteiger partial charge in [-0.3, -0.25) is 4.31 Å². The number of aliphatic hydroxyl groups excluding tert-OH is 1. The Hall–Kier alpha value is -1.61. The molecule has 1 saturated heterocycles. The Morgan fingerprint density at radius 1 is 1.00 bits per heavy atom. The molecule has 0 saturated carbocycles. The van der Waals surface area contributed by atoms with Crippen molar-refractivity contribution < 1.29 is 21.9 Å². The van der Waals surface area contributed by atoms with Crippen molar-refractivity contribution in [2.75, 3.05) is 15.8 Å². The van der Waals surface area contributed by atoms with Gasteiger partial charge in [-0.15, -0.1) is 0 Å². The fourth-order valence-corrected chi connectivity index (χ4v) is 6.72. The maximum absolute atomic E-state index is 13.2. The van der Waals surface area contributed by atoms with Crippen LogP contribution in [0.2, 0.25) is 5.02 Å². The lowest BCUT2D eigenvalue weighted by Gasteiger charge is -2.32. The molecule has 1 aliphatic rings. The summed E-state index contributed by atoms with van der Waals surface area (Å²) in [4.78, 5) is -0.00795. The summed E-state index contributed by atoms with van der Waals surface area (Å²) >= 11 is 6.17. The van der Waals surface area contributed by atoms with Crippen LogP contribution < -0.4 is 4.31 Å². The Balaban J connectivity index is 2.19. The Labute approximate surface area is 151 Å². The smallest absolute Gasteiger partial charge is 0.264 e. The molecule has 2 atom stereocenters. The third kappa shape index (κ3) is 3.52. The van der Waals surface area contributed by atoms with Crippen LogP contribution in [0.4, 0.5) is 5.69 Å². The van der Waals surface area contributed by atoms with E-state index in [1.54, 1.807) is 30.3 Å². The SMILES string of the molecule is O=S1(=O)CC(O)C(N(c2ccccc2Cl)S(=O)(=O)c2ccccc2)C1. The van der Waals surface area contributed by atoms with Gasteiger partial charge in [-0.25, -0.2) is 16.8 Å². The van der Waals surface area contributed by atoms with Crippen molar-refractivity contribution in [3.8, 4) is 0 Å². The predicted octanol–water partition coefficient (Wildman–Crippen LogP) is 1.69. The number of hydrogen-bond acceptors (Lipinski definition) is 5. The predicted molar refractivity (Wildman–Crippen MR) is 96.0 cm³/mol. The minimum Gasteiger partial charge on any atom is -0.390 e. The van der Waals surface area contributed by atoms with E-state index >= 15 is 0 Å². The molecule has 2 aromatic rings. The van der Waals surface area contributed by atoms with Crippen LogP contribution in [0, 0.1) is 0 Å². The van der Waals surface area contributed by atoms with Crippen LogP contribution in [0.25, 0.3) is 0 Å². The van der Waals surface area contributed by atoms with Gasteiger partial charge in [0, 0.05) is 0 Å². The van der Waals surface area contributed by atoms with Crippen molar-refractivity contribution in [3.63, 3.8) is 0 Å². The molecule has 1 fully saturated rings. The van der Waals surface area contributed by atoms with E-state index in [0.29, 0.717) is 0 Å². The van der Waals surface area contributed by atoms with Crippen molar-refractivity contribution in [3.05, 3.63) is 59.6 Å². The highest BCUT2D eigenvalue weighted by atomic mass is 35.5. The van der Waals surface area contributed by atoms with Crippen molar-refractivity contribution in [1.82, 2.24) is 0 Å². The van der Waals surface area contributed by atoms with Crippen molar-refractivity contribution in [1.29, 1.82) is 0 Å². The number of para-hydroxylation sites is 1. The van der Waals surface area contributed by atoms with Gasteiger partial charge in [0.1, 0.15) is 0 Å². The van der Waals surface area contributed by atoms with Gasteiger partial charge >= 0.3 is 0 Å². The third-order valence-corrected chi connectivity index (χ3v) is 7.86. The largest absolute Gasteiger partial charge is 0.390 e. The average molecular weight is 402 g/mol. The molecule has 1 N–H and O–H groups in total. The van der Waals surface area contributed by atoms with Gasteiger partial charge in [0.2, 0.25) is 0 Å². The number of benzene rings is 2. The fraction of sp³-hybridized carbons (Fsp3) is 0.250. The van der Waals surface area contributed by atoms with Gasteiger partial charge in [0.15, 0.2) is 9.84 Å². The van der Waals surface area contributed by atoms with Gasteiger partial charge in [0.05, 0.1) is 39.3 Å². The Kier molecular flexibility index (Phi) is 4.80. The highest BCUT2D eigenvalue weighted by Gasteiger charge is 2.45. The Morgan fingerprint density at radius 2 is 1.60 bits per heavy atom. The molecule has 9 heteroatoms. The molecule has 3 rings (SSSR count). The van der Waals surface area contributed by atoms with E-state index < -0.39 is 43.5 Å². The highest BCUT2D eigenvalue weighted by Crippen LogP contribution is 2.35. The zero-order valence-corrected chi connectivity index (χ0v) is 15.4. The molecule has 0 aliphatic carbocycles. The number of rotatable bonds is 4. The number of sulfonamides is 1. The molecular formula is C16H16ClNO5S2. The molecule has 0 spiro atoms. The molecule has 2 aromatic carbocycles. The summed E-state index contributed by atoms with van der Waals surface area (Å²) in [6, 6.07) is 12.7. The lowest BCUT2D eigenvalue weighted by Crippen LogP contribution is -2.47. The second kappa shape index (κ2) is 6.60. The molecule has 1 heterocycles. The summed E-state index contributed by atoms with van der Waals surface area (Å²) in [5.41, 5.74) is 0.133. The summed E-state index contributed by atoms with van der Waals surface area (Å²) in [5.74, 6) is -0.950. The van der Waals surface area contributed by atoms with Gasteiger partial charge < -0.3 is 5.11 Å². The zero-order chi connectivity index (χ0) is 18.2. The van der Waals surface area contributed by atoms with Crippen LogP contribution in [0.1, 0.15) is 0 Å². The van der Waals surface area contributed by atoms with E-state index in [2.05, 4.69) is 0 Å². The number of halogens is 1. The molecular weight excluding hydrogens is 386 g/mol. The first-order chi connectivity index (χ1) is 11.7. The van der Waals surface area contributed by atoms with Crippen LogP contribution in [0.15, 0.2) is 59.5 Å². The van der Waals surface area contributed by atoms with Gasteiger partial charge in [-0.05, 0) is 24.3 Å². The topological polar surface area (TPSA) is 91.8 Å². The second-order valence-corrected chi connectivity index (χ2v) is 10.2. The van der Waals surface area contributed by atoms with E-state index in [4.69, 9.17) is 11.6 Å². The first-order valence-electron chi connectivity index (χ1n) is 7.45. The van der Waals surface area contributed by atoms with Gasteiger partial charge in [-0.1, -0.05) is 41.9 Å². The van der Waals surface area contributed by atoms with Crippen LogP contribution in [0.5, 0.6) is 0 Å². The van der Waals surface area contributed by atoms with E-state index in [9.17, 15) is 21.9 Å². The van der Waals surface area contributed by atoms with Crippen LogP contribution in [0.3, 0.4) is 0 Å². The summed E-state index contributed by atoms with van der Waals surface area (Å²) in [6.07, 6.45) is -1.33. The van der Waals surface area contributed by atoms with E-state index in [0.717, 1.165) is 4.31 Å². The minimum atomic E-state index is -4.12. The Bertz CT molecular complexity index is 977. The highest BCUT2D eigenvalue weighted by molar-refractivity contribution is 7.93. The third-order valence-electron chi connectivity index (χ3n) is 3.98. The molecule has 0 radical (unpaired) electrons. The van der Waals surface area contributed by atoms with Crippen molar-refractivity contribution >= 4 is 37.1 Å². The standard InChI is InChI=1S/C16H16ClNO5S2/c17-13-8-4-5-9-14(13)18(15-10-24(20,21)11-16(15)19)25(22,23)12-6-2-1-3-7-12/h1-9,15-16,19H,10-11H2.